The molecule has 0 aromatic rings. The fourth-order valence-corrected chi connectivity index (χ4v) is 10.5. The smallest absolute Gasteiger partial charge is 0.305 e. The van der Waals surface area contributed by atoms with Gasteiger partial charge in [-0.1, -0.05) is 307 Å². The number of aliphatic hydroxyl groups is 2. The maximum absolute atomic E-state index is 12.5. The molecule has 0 bridgehead atoms. The van der Waals surface area contributed by atoms with Crippen LogP contribution >= 0.6 is 0 Å². The number of unbranched alkanes of at least 4 members (excludes halogenated alkanes) is 46. The molecule has 442 valence electrons. The number of aliphatic hydroxyl groups excluding tert-OH is 2. The highest BCUT2D eigenvalue weighted by molar-refractivity contribution is 5.76. The molecule has 0 heterocycles. The topological polar surface area (TPSA) is 95.9 Å². The molecule has 0 spiro atoms. The highest BCUT2D eigenvalue weighted by atomic mass is 16.5. The first-order valence-corrected chi connectivity index (χ1v) is 33.7. The van der Waals surface area contributed by atoms with Gasteiger partial charge in [-0.15, -0.1) is 0 Å². The second kappa shape index (κ2) is 64.6. The summed E-state index contributed by atoms with van der Waals surface area (Å²) in [4.78, 5) is 24.6. The fraction of sp³-hybridized carbons (Fsp3) is 0.884. The maximum Gasteiger partial charge on any atom is 0.305 e. The van der Waals surface area contributed by atoms with Crippen LogP contribution < -0.4 is 5.32 Å². The molecule has 2 atom stereocenters. The van der Waals surface area contributed by atoms with Crippen LogP contribution in [0, 0.1) is 0 Å². The third-order valence-electron chi connectivity index (χ3n) is 15.7. The number of hydrogen-bond acceptors (Lipinski definition) is 5. The third kappa shape index (κ3) is 61.2. The van der Waals surface area contributed by atoms with Gasteiger partial charge in [0.1, 0.15) is 0 Å². The van der Waals surface area contributed by atoms with Crippen molar-refractivity contribution in [3.63, 3.8) is 0 Å². The molecule has 0 aliphatic carbocycles. The first-order valence-electron chi connectivity index (χ1n) is 33.7. The third-order valence-corrected chi connectivity index (χ3v) is 15.7. The summed E-state index contributed by atoms with van der Waals surface area (Å²) in [6, 6.07) is -0.543. The standard InChI is InChI=1S/C69H131NO5/c1-3-5-7-9-11-13-15-17-19-30-35-39-43-47-51-55-59-63-69(74)75-64-60-56-52-48-44-40-36-32-29-27-25-23-21-20-22-24-26-28-31-34-38-42-46-50-54-58-62-68(73)70-66(65-71)67(72)61-57-53-49-45-41-37-33-18-16-14-12-10-8-6-4-2/h11,13,17,19-20,22,66-67,71-72H,3-10,12,14-16,18,21,23-65H2,1-2H3,(H,70,73)/b13-11-,19-17-,22-20-. The number of ether oxygens (including phenoxy) is 1. The predicted molar refractivity (Wildman–Crippen MR) is 329 cm³/mol. The van der Waals surface area contributed by atoms with Crippen LogP contribution in [0.25, 0.3) is 0 Å². The Hall–Kier alpha value is -1.92. The molecule has 0 saturated carbocycles. The van der Waals surface area contributed by atoms with E-state index in [-0.39, 0.29) is 18.5 Å². The number of rotatable bonds is 63. The van der Waals surface area contributed by atoms with E-state index in [1.165, 1.54) is 283 Å². The van der Waals surface area contributed by atoms with Crippen LogP contribution in [-0.2, 0) is 14.3 Å². The van der Waals surface area contributed by atoms with Gasteiger partial charge in [-0.2, -0.15) is 0 Å². The fourth-order valence-electron chi connectivity index (χ4n) is 10.5. The summed E-state index contributed by atoms with van der Waals surface area (Å²) in [5.41, 5.74) is 0. The van der Waals surface area contributed by atoms with Gasteiger partial charge in [0.25, 0.3) is 0 Å². The SMILES string of the molecule is CCCCC/C=C\C/C=C\CCCCCCCCCC(=O)OCCCCCCCCCCCCCC/C=C\CCCCCCCCCCCCC(=O)NC(CO)C(O)CCCCCCCCCCCCCCCCC. The minimum atomic E-state index is -0.665. The van der Waals surface area contributed by atoms with Gasteiger partial charge in [0.05, 0.1) is 25.4 Å². The molecule has 0 saturated heterocycles. The van der Waals surface area contributed by atoms with Crippen molar-refractivity contribution >= 4 is 11.9 Å². The van der Waals surface area contributed by atoms with Gasteiger partial charge in [-0.25, -0.2) is 0 Å². The first kappa shape index (κ1) is 73.1. The van der Waals surface area contributed by atoms with Gasteiger partial charge in [-0.05, 0) is 83.5 Å². The molecular formula is C69H131NO5. The van der Waals surface area contributed by atoms with Gasteiger partial charge in [0.2, 0.25) is 5.91 Å². The maximum atomic E-state index is 12.5. The summed E-state index contributed by atoms with van der Waals surface area (Å²) < 4.78 is 5.49. The van der Waals surface area contributed by atoms with Crippen LogP contribution in [0.15, 0.2) is 36.5 Å². The van der Waals surface area contributed by atoms with Gasteiger partial charge in [0.15, 0.2) is 0 Å². The zero-order valence-corrected chi connectivity index (χ0v) is 50.5. The van der Waals surface area contributed by atoms with E-state index >= 15 is 0 Å². The summed E-state index contributed by atoms with van der Waals surface area (Å²) in [7, 11) is 0. The Labute approximate surface area is 468 Å². The minimum Gasteiger partial charge on any atom is -0.466 e. The van der Waals surface area contributed by atoms with Crippen molar-refractivity contribution in [3.05, 3.63) is 36.5 Å². The number of carbonyl (C=O) groups is 2. The summed E-state index contributed by atoms with van der Waals surface area (Å²) in [5.74, 6) is -0.0280. The summed E-state index contributed by atoms with van der Waals surface area (Å²) >= 11 is 0. The summed E-state index contributed by atoms with van der Waals surface area (Å²) in [5, 5.41) is 23.3. The Morgan fingerprint density at radius 3 is 1.05 bits per heavy atom. The molecule has 6 heteroatoms. The van der Waals surface area contributed by atoms with Gasteiger partial charge in [-0.3, -0.25) is 9.59 Å². The molecular weight excluding hydrogens is 923 g/mol. The zero-order valence-electron chi connectivity index (χ0n) is 50.5. The monoisotopic (exact) mass is 1050 g/mol. The Morgan fingerprint density at radius 2 is 0.667 bits per heavy atom. The summed E-state index contributed by atoms with van der Waals surface area (Å²) in [6.07, 6.45) is 81.7. The molecule has 3 N–H and O–H groups in total. The van der Waals surface area contributed by atoms with Crippen molar-refractivity contribution < 1.29 is 24.5 Å². The van der Waals surface area contributed by atoms with Crippen molar-refractivity contribution in [3.8, 4) is 0 Å². The van der Waals surface area contributed by atoms with Crippen LogP contribution in [-0.4, -0.2) is 47.4 Å². The van der Waals surface area contributed by atoms with Crippen molar-refractivity contribution in [1.29, 1.82) is 0 Å². The van der Waals surface area contributed by atoms with E-state index in [0.717, 1.165) is 51.4 Å². The number of amides is 1. The Morgan fingerprint density at radius 1 is 0.373 bits per heavy atom. The van der Waals surface area contributed by atoms with E-state index in [0.29, 0.717) is 25.9 Å². The average Bonchev–Trinajstić information content (AvgIpc) is 3.41. The lowest BCUT2D eigenvalue weighted by atomic mass is 10.0. The van der Waals surface area contributed by atoms with Gasteiger partial charge in [0, 0.05) is 12.8 Å². The van der Waals surface area contributed by atoms with Crippen molar-refractivity contribution in [2.24, 2.45) is 0 Å². The Kier molecular flexibility index (Phi) is 63.0. The van der Waals surface area contributed by atoms with E-state index in [2.05, 4.69) is 55.6 Å². The molecule has 0 fully saturated rings. The lowest BCUT2D eigenvalue weighted by molar-refractivity contribution is -0.143. The van der Waals surface area contributed by atoms with Crippen LogP contribution in [0.1, 0.15) is 367 Å². The Balaban J connectivity index is 3.38. The molecule has 0 radical (unpaired) electrons. The molecule has 0 aliphatic rings. The number of hydrogen-bond donors (Lipinski definition) is 3. The molecule has 75 heavy (non-hydrogen) atoms. The number of esters is 1. The lowest BCUT2D eigenvalue weighted by Crippen LogP contribution is -2.45. The van der Waals surface area contributed by atoms with Crippen LogP contribution in [0.2, 0.25) is 0 Å². The molecule has 1 amide bonds. The van der Waals surface area contributed by atoms with Gasteiger partial charge >= 0.3 is 5.97 Å². The molecule has 0 aliphatic heterocycles. The second-order valence-corrected chi connectivity index (χ2v) is 23.1. The van der Waals surface area contributed by atoms with E-state index in [1.54, 1.807) is 0 Å². The molecule has 6 nitrogen and oxygen atoms in total. The molecule has 0 aromatic carbocycles. The van der Waals surface area contributed by atoms with E-state index in [1.807, 2.05) is 0 Å². The molecule has 0 aromatic heterocycles. The molecule has 0 rings (SSSR count). The minimum absolute atomic E-state index is 0.00686. The predicted octanol–water partition coefficient (Wildman–Crippen LogP) is 21.5. The van der Waals surface area contributed by atoms with Crippen molar-refractivity contribution in [1.82, 2.24) is 5.32 Å². The first-order chi connectivity index (χ1) is 37.0. The van der Waals surface area contributed by atoms with Crippen LogP contribution in [0.5, 0.6) is 0 Å². The van der Waals surface area contributed by atoms with Crippen LogP contribution in [0.4, 0.5) is 0 Å². The zero-order chi connectivity index (χ0) is 54.3. The average molecular weight is 1050 g/mol. The van der Waals surface area contributed by atoms with E-state index in [4.69, 9.17) is 4.74 Å². The van der Waals surface area contributed by atoms with Crippen molar-refractivity contribution in [2.75, 3.05) is 13.2 Å². The molecule has 2 unspecified atom stereocenters. The highest BCUT2D eigenvalue weighted by Gasteiger charge is 2.20. The largest absolute Gasteiger partial charge is 0.466 e. The van der Waals surface area contributed by atoms with Crippen LogP contribution in [0.3, 0.4) is 0 Å². The van der Waals surface area contributed by atoms with E-state index in [9.17, 15) is 19.8 Å². The number of allylic oxidation sites excluding steroid dienone is 6. The Bertz CT molecular complexity index is 1210. The highest BCUT2D eigenvalue weighted by Crippen LogP contribution is 2.18. The van der Waals surface area contributed by atoms with Crippen molar-refractivity contribution in [2.45, 2.75) is 379 Å². The quantitative estimate of drug-likeness (QED) is 0.0320. The second-order valence-electron chi connectivity index (χ2n) is 23.1. The van der Waals surface area contributed by atoms with Gasteiger partial charge < -0.3 is 20.3 Å². The van der Waals surface area contributed by atoms with E-state index < -0.39 is 12.1 Å². The lowest BCUT2D eigenvalue weighted by Gasteiger charge is -2.22. The summed E-state index contributed by atoms with van der Waals surface area (Å²) in [6.45, 7) is 4.95. The normalized spacial score (nSPS) is 12.7. The number of nitrogens with one attached hydrogen (secondary N) is 1. The number of carbonyl (C=O) groups excluding carboxylic acids is 2.